The second-order valence-electron chi connectivity index (χ2n) is 9.50. The summed E-state index contributed by atoms with van der Waals surface area (Å²) in [6.07, 6.45) is 8.88. The number of rotatable bonds is 8. The van der Waals surface area contributed by atoms with E-state index in [-0.39, 0.29) is 5.54 Å². The molecular weight excluding hydrogens is 396 g/mol. The van der Waals surface area contributed by atoms with Gasteiger partial charge in [0, 0.05) is 5.54 Å². The van der Waals surface area contributed by atoms with Crippen molar-refractivity contribution in [3.8, 4) is 5.75 Å². The largest absolute Gasteiger partial charge is 0.494 e. The highest BCUT2D eigenvalue weighted by atomic mass is 16.5. The van der Waals surface area contributed by atoms with Crippen molar-refractivity contribution in [1.82, 2.24) is 10.6 Å². The Morgan fingerprint density at radius 2 is 1.61 bits per heavy atom. The molecule has 0 heterocycles. The number of carbonyl (C=O) groups is 3. The number of benzene rings is 1. The zero-order chi connectivity index (χ0) is 21.8. The maximum Gasteiger partial charge on any atom is 0.338 e. The lowest BCUT2D eigenvalue weighted by atomic mass is 9.53. The van der Waals surface area contributed by atoms with Crippen LogP contribution in [0.1, 0.15) is 68.6 Å². The number of nitrogens with one attached hydrogen (secondary N) is 2. The van der Waals surface area contributed by atoms with E-state index in [1.807, 2.05) is 0 Å². The SMILES string of the molecule is CCCCOc1ccc(C(=O)OCC(=O)NC(=O)NC23CC4CC(CC(C4)C2)C3)cc1. The number of amides is 3. The van der Waals surface area contributed by atoms with Gasteiger partial charge in [-0.15, -0.1) is 0 Å². The third kappa shape index (κ3) is 5.38. The van der Waals surface area contributed by atoms with E-state index in [4.69, 9.17) is 9.47 Å². The predicted molar refractivity (Wildman–Crippen MR) is 115 cm³/mol. The lowest BCUT2D eigenvalue weighted by Gasteiger charge is -2.56. The molecule has 0 aromatic heterocycles. The van der Waals surface area contributed by atoms with Gasteiger partial charge in [0.25, 0.3) is 5.91 Å². The Balaban J connectivity index is 1.20. The molecule has 4 fully saturated rings. The summed E-state index contributed by atoms with van der Waals surface area (Å²) in [5.74, 6) is 1.54. The summed E-state index contributed by atoms with van der Waals surface area (Å²) in [6, 6.07) is 6.11. The van der Waals surface area contributed by atoms with E-state index in [0.29, 0.717) is 35.7 Å². The van der Waals surface area contributed by atoms with Gasteiger partial charge in [0.15, 0.2) is 6.61 Å². The van der Waals surface area contributed by atoms with Gasteiger partial charge < -0.3 is 14.8 Å². The Hall–Kier alpha value is -2.57. The maximum atomic E-state index is 12.4. The highest BCUT2D eigenvalue weighted by Crippen LogP contribution is 2.55. The molecule has 4 bridgehead atoms. The van der Waals surface area contributed by atoms with Crippen LogP contribution in [-0.2, 0) is 9.53 Å². The van der Waals surface area contributed by atoms with Crippen LogP contribution < -0.4 is 15.4 Å². The van der Waals surface area contributed by atoms with Crippen LogP contribution in [0.15, 0.2) is 24.3 Å². The number of hydrogen-bond donors (Lipinski definition) is 2. The number of unbranched alkanes of at least 4 members (excludes halogenated alkanes) is 1. The molecular formula is C24H32N2O5. The molecule has 0 atom stereocenters. The second-order valence-corrected chi connectivity index (χ2v) is 9.50. The fourth-order valence-electron chi connectivity index (χ4n) is 5.93. The number of imide groups is 1. The highest BCUT2D eigenvalue weighted by molar-refractivity contribution is 5.97. The van der Waals surface area contributed by atoms with E-state index in [0.717, 1.165) is 32.1 Å². The average Bonchev–Trinajstić information content (AvgIpc) is 2.71. The molecule has 4 aliphatic rings. The molecule has 0 radical (unpaired) electrons. The Labute approximate surface area is 183 Å². The summed E-state index contributed by atoms with van der Waals surface area (Å²) in [4.78, 5) is 36.7. The summed E-state index contributed by atoms with van der Waals surface area (Å²) < 4.78 is 10.6. The van der Waals surface area contributed by atoms with Crippen LogP contribution in [0.4, 0.5) is 4.79 Å². The Bertz CT molecular complexity index is 784. The van der Waals surface area contributed by atoms with E-state index in [9.17, 15) is 14.4 Å². The molecule has 7 nitrogen and oxygen atoms in total. The Morgan fingerprint density at radius 3 is 2.19 bits per heavy atom. The molecule has 2 N–H and O–H groups in total. The van der Waals surface area contributed by atoms with Crippen molar-refractivity contribution in [2.24, 2.45) is 17.8 Å². The van der Waals surface area contributed by atoms with Crippen LogP contribution in [0.2, 0.25) is 0 Å². The van der Waals surface area contributed by atoms with Crippen molar-refractivity contribution < 1.29 is 23.9 Å². The first kappa shape index (κ1) is 21.7. The minimum Gasteiger partial charge on any atom is -0.494 e. The van der Waals surface area contributed by atoms with Gasteiger partial charge in [0.2, 0.25) is 0 Å². The lowest BCUT2D eigenvalue weighted by Crippen LogP contribution is -2.62. The molecule has 5 rings (SSSR count). The molecule has 7 heteroatoms. The van der Waals surface area contributed by atoms with Crippen molar-refractivity contribution in [3.05, 3.63) is 29.8 Å². The van der Waals surface area contributed by atoms with Gasteiger partial charge in [-0.25, -0.2) is 9.59 Å². The van der Waals surface area contributed by atoms with E-state index in [1.54, 1.807) is 24.3 Å². The van der Waals surface area contributed by atoms with Crippen molar-refractivity contribution in [2.75, 3.05) is 13.2 Å². The number of hydrogen-bond acceptors (Lipinski definition) is 5. The quantitative estimate of drug-likeness (QED) is 0.485. The second kappa shape index (κ2) is 9.28. The van der Waals surface area contributed by atoms with Crippen LogP contribution in [0, 0.1) is 17.8 Å². The van der Waals surface area contributed by atoms with Gasteiger partial charge in [-0.3, -0.25) is 10.1 Å². The molecule has 1 aromatic rings. The Morgan fingerprint density at radius 1 is 1.00 bits per heavy atom. The van der Waals surface area contributed by atoms with E-state index in [1.165, 1.54) is 19.3 Å². The molecule has 0 aliphatic heterocycles. The number of esters is 1. The van der Waals surface area contributed by atoms with Crippen molar-refractivity contribution in [1.29, 1.82) is 0 Å². The molecule has 0 spiro atoms. The molecule has 4 saturated carbocycles. The number of ether oxygens (including phenoxy) is 2. The summed E-state index contributed by atoms with van der Waals surface area (Å²) in [7, 11) is 0. The number of carbonyl (C=O) groups excluding carboxylic acids is 3. The molecule has 3 amide bonds. The van der Waals surface area contributed by atoms with E-state index >= 15 is 0 Å². The third-order valence-corrected chi connectivity index (χ3v) is 6.86. The van der Waals surface area contributed by atoms with Crippen LogP contribution in [0.25, 0.3) is 0 Å². The van der Waals surface area contributed by atoms with Crippen LogP contribution in [0.5, 0.6) is 5.75 Å². The van der Waals surface area contributed by atoms with Crippen molar-refractivity contribution in [2.45, 2.75) is 63.8 Å². The van der Waals surface area contributed by atoms with Gasteiger partial charge in [0.1, 0.15) is 5.75 Å². The summed E-state index contributed by atoms with van der Waals surface area (Å²) in [6.45, 7) is 2.22. The summed E-state index contributed by atoms with van der Waals surface area (Å²) in [5, 5.41) is 5.39. The molecule has 168 valence electrons. The van der Waals surface area contributed by atoms with E-state index < -0.39 is 24.5 Å². The van der Waals surface area contributed by atoms with Gasteiger partial charge in [-0.2, -0.15) is 0 Å². The van der Waals surface area contributed by atoms with Crippen LogP contribution >= 0.6 is 0 Å². The fourth-order valence-corrected chi connectivity index (χ4v) is 5.93. The zero-order valence-corrected chi connectivity index (χ0v) is 18.2. The third-order valence-electron chi connectivity index (χ3n) is 6.86. The first-order valence-electron chi connectivity index (χ1n) is 11.5. The topological polar surface area (TPSA) is 93.7 Å². The smallest absolute Gasteiger partial charge is 0.338 e. The summed E-state index contributed by atoms with van der Waals surface area (Å²) >= 11 is 0. The van der Waals surface area contributed by atoms with Crippen LogP contribution in [-0.4, -0.2) is 36.7 Å². The molecule has 0 unspecified atom stereocenters. The molecule has 1 aromatic carbocycles. The van der Waals surface area contributed by atoms with Gasteiger partial charge in [-0.1, -0.05) is 13.3 Å². The van der Waals surface area contributed by atoms with Gasteiger partial charge in [0.05, 0.1) is 12.2 Å². The number of urea groups is 1. The van der Waals surface area contributed by atoms with Crippen molar-refractivity contribution in [3.63, 3.8) is 0 Å². The lowest BCUT2D eigenvalue weighted by molar-refractivity contribution is -0.123. The standard InChI is InChI=1S/C24H32N2O5/c1-2-3-8-30-20-6-4-19(5-7-20)22(28)31-15-21(27)25-23(29)26-24-12-16-9-17(13-24)11-18(10-16)14-24/h4-7,16-18H,2-3,8-15H2,1H3,(H2,25,26,27,29). The van der Waals surface area contributed by atoms with Crippen molar-refractivity contribution >= 4 is 17.9 Å². The molecule has 0 saturated heterocycles. The molecule has 4 aliphatic carbocycles. The average molecular weight is 429 g/mol. The first-order chi connectivity index (χ1) is 14.9. The fraction of sp³-hybridized carbons (Fsp3) is 0.625. The van der Waals surface area contributed by atoms with Crippen LogP contribution in [0.3, 0.4) is 0 Å². The molecule has 31 heavy (non-hydrogen) atoms. The summed E-state index contributed by atoms with van der Waals surface area (Å²) in [5.41, 5.74) is 0.158. The predicted octanol–water partition coefficient (Wildman–Crippen LogP) is 3.82. The van der Waals surface area contributed by atoms with E-state index in [2.05, 4.69) is 17.6 Å². The van der Waals surface area contributed by atoms with Gasteiger partial charge in [-0.05, 0) is 87.0 Å². The van der Waals surface area contributed by atoms with Gasteiger partial charge >= 0.3 is 12.0 Å². The normalized spacial score (nSPS) is 28.1. The zero-order valence-electron chi connectivity index (χ0n) is 18.2. The minimum atomic E-state index is -0.630. The first-order valence-corrected chi connectivity index (χ1v) is 11.5. The highest BCUT2D eigenvalue weighted by Gasteiger charge is 2.51. The maximum absolute atomic E-state index is 12.4. The minimum absolute atomic E-state index is 0.170. The Kier molecular flexibility index (Phi) is 6.49. The monoisotopic (exact) mass is 428 g/mol.